The Morgan fingerprint density at radius 3 is 2.83 bits per heavy atom. The van der Waals surface area contributed by atoms with Crippen molar-refractivity contribution in [2.75, 3.05) is 57.6 Å². The van der Waals surface area contributed by atoms with Gasteiger partial charge in [-0.1, -0.05) is 6.07 Å². The molecule has 0 saturated carbocycles. The first-order chi connectivity index (χ1) is 19.2. The SMILES string of the molecule is CNc1cc(F)cc2c1[nH]c1ncc(-c3ccc4ccc(C(=O)O)c(=O)n4c3)c(N3CCOC(CN(C)C)C3)c12. The number of benzene rings is 1. The molecule has 4 aromatic heterocycles. The number of hydrogen-bond acceptors (Lipinski definition) is 7. The quantitative estimate of drug-likeness (QED) is 0.297. The third kappa shape index (κ3) is 4.33. The fourth-order valence-corrected chi connectivity index (χ4v) is 5.60. The molecular weight excluding hydrogens is 515 g/mol. The van der Waals surface area contributed by atoms with Crippen LogP contribution in [0.4, 0.5) is 15.8 Å². The van der Waals surface area contributed by atoms with Crippen molar-refractivity contribution < 1.29 is 19.0 Å². The minimum atomic E-state index is -1.28. The lowest BCUT2D eigenvalue weighted by Gasteiger charge is -2.37. The molecule has 0 radical (unpaired) electrons. The third-order valence-corrected chi connectivity index (χ3v) is 7.35. The molecule has 5 heterocycles. The van der Waals surface area contributed by atoms with E-state index in [4.69, 9.17) is 9.72 Å². The number of nitrogens with one attached hydrogen (secondary N) is 2. The molecule has 0 amide bonds. The van der Waals surface area contributed by atoms with E-state index in [0.29, 0.717) is 47.5 Å². The number of ether oxygens (including phenoxy) is 1. The topological polar surface area (TPSA) is 115 Å². The van der Waals surface area contributed by atoms with Crippen LogP contribution in [0.2, 0.25) is 0 Å². The first-order valence-electron chi connectivity index (χ1n) is 13.0. The molecular formula is C29H29FN6O4. The summed E-state index contributed by atoms with van der Waals surface area (Å²) in [4.78, 5) is 37.0. The van der Waals surface area contributed by atoms with E-state index in [1.165, 1.54) is 22.6 Å². The van der Waals surface area contributed by atoms with Crippen molar-refractivity contribution in [3.8, 4) is 11.1 Å². The number of nitrogens with zero attached hydrogens (tertiary/aromatic N) is 4. The maximum absolute atomic E-state index is 14.8. The summed E-state index contributed by atoms with van der Waals surface area (Å²) in [6, 6.07) is 9.53. The van der Waals surface area contributed by atoms with Gasteiger partial charge in [-0.3, -0.25) is 9.20 Å². The maximum atomic E-state index is 14.8. The van der Waals surface area contributed by atoms with Gasteiger partial charge in [0.05, 0.1) is 35.0 Å². The smallest absolute Gasteiger partial charge is 0.341 e. The van der Waals surface area contributed by atoms with Crippen molar-refractivity contribution in [3.05, 3.63) is 70.5 Å². The Labute approximate surface area is 228 Å². The van der Waals surface area contributed by atoms with Crippen molar-refractivity contribution in [2.45, 2.75) is 6.10 Å². The second-order valence-corrected chi connectivity index (χ2v) is 10.3. The monoisotopic (exact) mass is 544 g/mol. The molecule has 40 heavy (non-hydrogen) atoms. The van der Waals surface area contributed by atoms with Gasteiger partial charge in [0.1, 0.15) is 17.0 Å². The normalized spacial score (nSPS) is 15.9. The van der Waals surface area contributed by atoms with Gasteiger partial charge in [-0.15, -0.1) is 0 Å². The number of fused-ring (bicyclic) bond motifs is 4. The number of pyridine rings is 3. The van der Waals surface area contributed by atoms with Gasteiger partial charge in [0.2, 0.25) is 0 Å². The Balaban J connectivity index is 1.63. The Bertz CT molecular complexity index is 1850. The number of rotatable bonds is 6. The Hall–Kier alpha value is -4.48. The van der Waals surface area contributed by atoms with Crippen molar-refractivity contribution in [1.29, 1.82) is 0 Å². The summed E-state index contributed by atoms with van der Waals surface area (Å²) in [6.07, 6.45) is 3.33. The highest BCUT2D eigenvalue weighted by molar-refractivity contribution is 6.17. The fraction of sp³-hybridized carbons (Fsp3) is 0.276. The fourth-order valence-electron chi connectivity index (χ4n) is 5.60. The number of likely N-dealkylation sites (N-methyl/N-ethyl adjacent to an activating group) is 1. The number of carbonyl (C=O) groups is 1. The molecule has 0 bridgehead atoms. The molecule has 1 unspecified atom stereocenters. The molecule has 6 rings (SSSR count). The maximum Gasteiger partial charge on any atom is 0.341 e. The van der Waals surface area contributed by atoms with Crippen molar-refractivity contribution >= 4 is 44.8 Å². The molecule has 1 aromatic carbocycles. The number of aromatic amines is 1. The number of hydrogen-bond donors (Lipinski definition) is 3. The number of halogens is 1. The second kappa shape index (κ2) is 9.92. The zero-order valence-electron chi connectivity index (χ0n) is 22.4. The molecule has 10 nitrogen and oxygen atoms in total. The Morgan fingerprint density at radius 2 is 2.08 bits per heavy atom. The lowest BCUT2D eigenvalue weighted by Crippen LogP contribution is -2.46. The zero-order chi connectivity index (χ0) is 28.1. The van der Waals surface area contributed by atoms with Crippen LogP contribution in [0.3, 0.4) is 0 Å². The van der Waals surface area contributed by atoms with E-state index >= 15 is 0 Å². The molecule has 1 fully saturated rings. The standard InChI is InChI=1S/C29H29FN6O4/c1-31-23-11-17(30)10-21-24-26(35-8-9-40-19(15-35)14-34(2)3)22(12-32-27(24)33-25(21)23)16-4-5-18-6-7-20(29(38)39)28(37)36(18)13-16/h4-7,10-13,19,31H,8-9,14-15H2,1-3H3,(H,32,33)(H,38,39). The second-order valence-electron chi connectivity index (χ2n) is 10.3. The van der Waals surface area contributed by atoms with Gasteiger partial charge < -0.3 is 29.9 Å². The predicted octanol–water partition coefficient (Wildman–Crippen LogP) is 3.64. The van der Waals surface area contributed by atoms with Crippen LogP contribution in [0.15, 0.2) is 53.6 Å². The highest BCUT2D eigenvalue weighted by atomic mass is 19.1. The summed E-state index contributed by atoms with van der Waals surface area (Å²) in [5.74, 6) is -1.66. The van der Waals surface area contributed by atoms with E-state index in [9.17, 15) is 19.1 Å². The third-order valence-electron chi connectivity index (χ3n) is 7.35. The van der Waals surface area contributed by atoms with Crippen molar-refractivity contribution in [2.24, 2.45) is 0 Å². The van der Waals surface area contributed by atoms with Crippen LogP contribution in [0.1, 0.15) is 10.4 Å². The molecule has 1 aliphatic rings. The van der Waals surface area contributed by atoms with E-state index in [1.807, 2.05) is 20.2 Å². The molecule has 1 saturated heterocycles. The molecule has 1 atom stereocenters. The predicted molar refractivity (Wildman–Crippen MR) is 153 cm³/mol. The highest BCUT2D eigenvalue weighted by Crippen LogP contribution is 2.42. The van der Waals surface area contributed by atoms with Gasteiger partial charge in [-0.25, -0.2) is 14.2 Å². The van der Waals surface area contributed by atoms with Crippen LogP contribution >= 0.6 is 0 Å². The Morgan fingerprint density at radius 1 is 1.27 bits per heavy atom. The van der Waals surface area contributed by atoms with Crippen molar-refractivity contribution in [1.82, 2.24) is 19.3 Å². The molecule has 0 spiro atoms. The minimum absolute atomic E-state index is 0.0491. The molecule has 206 valence electrons. The zero-order valence-corrected chi connectivity index (χ0v) is 22.4. The largest absolute Gasteiger partial charge is 0.477 e. The van der Waals surface area contributed by atoms with Crippen LogP contribution in [0.25, 0.3) is 38.6 Å². The summed E-state index contributed by atoms with van der Waals surface area (Å²) >= 11 is 0. The van der Waals surface area contributed by atoms with Crippen LogP contribution in [-0.2, 0) is 4.74 Å². The molecule has 3 N–H and O–H groups in total. The van der Waals surface area contributed by atoms with Crippen LogP contribution in [-0.4, -0.2) is 83.8 Å². The number of carboxylic acids is 1. The lowest BCUT2D eigenvalue weighted by atomic mass is 10.0. The van der Waals surface area contributed by atoms with Crippen molar-refractivity contribution in [3.63, 3.8) is 0 Å². The minimum Gasteiger partial charge on any atom is -0.477 e. The van der Waals surface area contributed by atoms with E-state index in [0.717, 1.165) is 28.7 Å². The van der Waals surface area contributed by atoms with Crippen LogP contribution in [0.5, 0.6) is 0 Å². The van der Waals surface area contributed by atoms with E-state index in [1.54, 1.807) is 31.6 Å². The van der Waals surface area contributed by atoms with Crippen LogP contribution in [0, 0.1) is 5.82 Å². The summed E-state index contributed by atoms with van der Waals surface area (Å²) < 4.78 is 22.2. The number of H-pyrrole nitrogens is 1. The first-order valence-corrected chi connectivity index (χ1v) is 13.0. The lowest BCUT2D eigenvalue weighted by molar-refractivity contribution is 0.0249. The summed E-state index contributed by atoms with van der Waals surface area (Å²) in [5, 5.41) is 14.0. The van der Waals surface area contributed by atoms with Gasteiger partial charge >= 0.3 is 5.97 Å². The summed E-state index contributed by atoms with van der Waals surface area (Å²) in [7, 11) is 5.74. The molecule has 11 heteroatoms. The summed E-state index contributed by atoms with van der Waals surface area (Å²) in [6.45, 7) is 2.45. The average molecular weight is 545 g/mol. The Kier molecular flexibility index (Phi) is 6.40. The van der Waals surface area contributed by atoms with Gasteiger partial charge in [-0.2, -0.15) is 0 Å². The summed E-state index contributed by atoms with van der Waals surface area (Å²) in [5.41, 5.74) is 3.87. The average Bonchev–Trinajstić information content (AvgIpc) is 3.30. The first kappa shape index (κ1) is 25.8. The highest BCUT2D eigenvalue weighted by Gasteiger charge is 2.27. The number of aromatic nitrogens is 3. The van der Waals surface area contributed by atoms with Gasteiger partial charge in [-0.05, 0) is 44.4 Å². The number of carboxylic acid groups (broad SMARTS) is 1. The van der Waals surface area contributed by atoms with Crippen LogP contribution < -0.4 is 15.8 Å². The molecule has 1 aliphatic heterocycles. The van der Waals surface area contributed by atoms with E-state index < -0.39 is 11.5 Å². The van der Waals surface area contributed by atoms with E-state index in [2.05, 4.69) is 20.1 Å². The number of morpholine rings is 1. The molecule has 5 aromatic rings. The number of anilines is 2. The van der Waals surface area contributed by atoms with E-state index in [-0.39, 0.29) is 17.5 Å². The van der Waals surface area contributed by atoms with Gasteiger partial charge in [0.25, 0.3) is 5.56 Å². The van der Waals surface area contributed by atoms with Gasteiger partial charge in [0, 0.05) is 61.1 Å². The van der Waals surface area contributed by atoms with Gasteiger partial charge in [0.15, 0.2) is 0 Å². The number of aromatic carboxylic acids is 1. The molecule has 0 aliphatic carbocycles.